The van der Waals surface area contributed by atoms with Gasteiger partial charge in [-0.1, -0.05) is 35.3 Å². The number of halogens is 2. The van der Waals surface area contributed by atoms with Gasteiger partial charge in [-0.3, -0.25) is 4.79 Å². The molecule has 6 heteroatoms. The van der Waals surface area contributed by atoms with Crippen LogP contribution in [0, 0.1) is 11.3 Å². The van der Waals surface area contributed by atoms with Gasteiger partial charge in [0, 0.05) is 16.3 Å². The number of carbonyl (C=O) groups excluding carboxylic acids is 1. The lowest BCUT2D eigenvalue weighted by molar-refractivity contribution is -0.709. The maximum Gasteiger partial charge on any atom is 0.282 e. The van der Waals surface area contributed by atoms with Crippen molar-refractivity contribution in [3.63, 3.8) is 0 Å². The zero-order valence-electron chi connectivity index (χ0n) is 13.4. The molecule has 3 N–H and O–H groups in total. The Hall–Kier alpha value is -2.06. The number of nitrogens with two attached hydrogens (primary N) is 1. The van der Waals surface area contributed by atoms with Crippen LogP contribution < -0.4 is 10.6 Å². The van der Waals surface area contributed by atoms with Gasteiger partial charge in [-0.25, -0.2) is 0 Å². The number of amides is 1. The summed E-state index contributed by atoms with van der Waals surface area (Å²) < 4.78 is 0. The molecule has 0 heterocycles. The molecular weight excluding hydrogens is 345 g/mol. The predicted octanol–water partition coefficient (Wildman–Crippen LogP) is 3.52. The SMILES string of the molecule is C[C@H]([NH2+][C@H](C)c1ccc(Cl)cc1Cl)C(=O)Nc1cccc(C#N)c1. The van der Waals surface area contributed by atoms with E-state index < -0.39 is 0 Å². The van der Waals surface area contributed by atoms with Crippen molar-refractivity contribution in [2.75, 3.05) is 5.32 Å². The first-order chi connectivity index (χ1) is 11.4. The normalized spacial score (nSPS) is 13.0. The monoisotopic (exact) mass is 362 g/mol. The van der Waals surface area contributed by atoms with Gasteiger partial charge in [0.25, 0.3) is 5.91 Å². The van der Waals surface area contributed by atoms with Crippen molar-refractivity contribution in [3.05, 3.63) is 63.6 Å². The average Bonchev–Trinajstić information content (AvgIpc) is 2.54. The number of nitrogens with zero attached hydrogens (tertiary/aromatic N) is 1. The molecule has 2 aromatic rings. The Morgan fingerprint density at radius 3 is 2.62 bits per heavy atom. The van der Waals surface area contributed by atoms with Gasteiger partial charge < -0.3 is 10.6 Å². The second-order valence-corrected chi connectivity index (χ2v) is 6.46. The lowest BCUT2D eigenvalue weighted by Crippen LogP contribution is -2.91. The molecule has 0 aliphatic rings. The van der Waals surface area contributed by atoms with Crippen molar-refractivity contribution in [1.82, 2.24) is 0 Å². The van der Waals surface area contributed by atoms with Gasteiger partial charge in [-0.15, -0.1) is 0 Å². The van der Waals surface area contributed by atoms with E-state index in [9.17, 15) is 4.79 Å². The van der Waals surface area contributed by atoms with Crippen LogP contribution in [0.15, 0.2) is 42.5 Å². The van der Waals surface area contributed by atoms with Gasteiger partial charge in [0.15, 0.2) is 6.04 Å². The Bertz CT molecular complexity index is 786. The van der Waals surface area contributed by atoms with Gasteiger partial charge in [0.2, 0.25) is 0 Å². The quantitative estimate of drug-likeness (QED) is 0.854. The molecule has 0 aromatic heterocycles. The summed E-state index contributed by atoms with van der Waals surface area (Å²) in [5.74, 6) is -0.137. The second kappa shape index (κ2) is 8.16. The third-order valence-corrected chi connectivity index (χ3v) is 4.27. The molecule has 2 rings (SSSR count). The Labute approximate surface area is 151 Å². The van der Waals surface area contributed by atoms with Crippen LogP contribution in [0.3, 0.4) is 0 Å². The molecular formula is C18H18Cl2N3O+. The molecule has 2 atom stereocenters. The van der Waals surface area contributed by atoms with Crippen molar-refractivity contribution in [2.24, 2.45) is 0 Å². The molecule has 0 aliphatic carbocycles. The van der Waals surface area contributed by atoms with Crippen LogP contribution in [0.5, 0.6) is 0 Å². The molecule has 124 valence electrons. The van der Waals surface area contributed by atoms with Crippen molar-refractivity contribution < 1.29 is 10.1 Å². The smallest absolute Gasteiger partial charge is 0.282 e. The Morgan fingerprint density at radius 2 is 1.96 bits per heavy atom. The van der Waals surface area contributed by atoms with Gasteiger partial charge in [0.1, 0.15) is 6.04 Å². The standard InChI is InChI=1S/C18H17Cl2N3O/c1-11(16-7-6-14(19)9-17(16)20)22-12(2)18(24)23-15-5-3-4-13(8-15)10-21/h3-9,11-12,22H,1-2H3,(H,23,24)/p+1/t11-,12+/m1/s1. The highest BCUT2D eigenvalue weighted by Gasteiger charge is 2.22. The van der Waals surface area contributed by atoms with E-state index in [0.717, 1.165) is 5.56 Å². The summed E-state index contributed by atoms with van der Waals surface area (Å²) in [6.45, 7) is 3.80. The Morgan fingerprint density at radius 1 is 1.21 bits per heavy atom. The maximum atomic E-state index is 12.3. The van der Waals surface area contributed by atoms with Gasteiger partial charge in [-0.05, 0) is 44.2 Å². The second-order valence-electron chi connectivity index (χ2n) is 5.62. The average molecular weight is 363 g/mol. The summed E-state index contributed by atoms with van der Waals surface area (Å²) in [7, 11) is 0. The van der Waals surface area contributed by atoms with E-state index in [-0.39, 0.29) is 18.0 Å². The Balaban J connectivity index is 2.01. The molecule has 0 fully saturated rings. The minimum absolute atomic E-state index is 0.000888. The van der Waals surface area contributed by atoms with Crippen LogP contribution in [0.1, 0.15) is 31.0 Å². The molecule has 0 radical (unpaired) electrons. The summed E-state index contributed by atoms with van der Waals surface area (Å²) in [6.07, 6.45) is 0. The predicted molar refractivity (Wildman–Crippen MR) is 96.1 cm³/mol. The third-order valence-electron chi connectivity index (χ3n) is 3.70. The summed E-state index contributed by atoms with van der Waals surface area (Å²) in [5, 5.41) is 14.8. The van der Waals surface area contributed by atoms with Crippen LogP contribution in [-0.4, -0.2) is 11.9 Å². The first kappa shape index (κ1) is 18.3. The first-order valence-electron chi connectivity index (χ1n) is 7.51. The van der Waals surface area contributed by atoms with Gasteiger partial charge in [0.05, 0.1) is 16.7 Å². The molecule has 24 heavy (non-hydrogen) atoms. The number of quaternary nitrogens is 1. The van der Waals surface area contributed by atoms with Crippen molar-refractivity contribution in [1.29, 1.82) is 5.26 Å². The van der Waals surface area contributed by atoms with Crippen LogP contribution in [-0.2, 0) is 4.79 Å². The number of anilines is 1. The molecule has 4 nitrogen and oxygen atoms in total. The van der Waals surface area contributed by atoms with Crippen molar-refractivity contribution in [3.8, 4) is 6.07 Å². The molecule has 0 aliphatic heterocycles. The fourth-order valence-electron chi connectivity index (χ4n) is 2.42. The fraction of sp³-hybridized carbons (Fsp3) is 0.222. The van der Waals surface area contributed by atoms with E-state index in [1.807, 2.05) is 31.3 Å². The highest BCUT2D eigenvalue weighted by Crippen LogP contribution is 2.24. The first-order valence-corrected chi connectivity index (χ1v) is 8.27. The lowest BCUT2D eigenvalue weighted by atomic mass is 10.1. The van der Waals surface area contributed by atoms with Crippen LogP contribution in [0.4, 0.5) is 5.69 Å². The topological polar surface area (TPSA) is 69.5 Å². The number of rotatable bonds is 5. The zero-order valence-corrected chi connectivity index (χ0v) is 14.9. The number of carbonyl (C=O) groups is 1. The number of benzene rings is 2. The molecule has 0 spiro atoms. The van der Waals surface area contributed by atoms with Crippen LogP contribution >= 0.6 is 23.2 Å². The number of hydrogen-bond donors (Lipinski definition) is 2. The van der Waals surface area contributed by atoms with E-state index >= 15 is 0 Å². The van der Waals surface area contributed by atoms with Crippen LogP contribution in [0.25, 0.3) is 0 Å². The minimum Gasteiger partial charge on any atom is -0.330 e. The van der Waals surface area contributed by atoms with Gasteiger partial charge >= 0.3 is 0 Å². The van der Waals surface area contributed by atoms with E-state index in [1.165, 1.54) is 0 Å². The summed E-state index contributed by atoms with van der Waals surface area (Å²) >= 11 is 12.1. The van der Waals surface area contributed by atoms with E-state index in [0.29, 0.717) is 21.3 Å². The van der Waals surface area contributed by atoms with E-state index in [4.69, 9.17) is 28.5 Å². The number of nitrogens with one attached hydrogen (secondary N) is 1. The third kappa shape index (κ3) is 4.72. The van der Waals surface area contributed by atoms with E-state index in [2.05, 4.69) is 5.32 Å². The van der Waals surface area contributed by atoms with Gasteiger partial charge in [-0.2, -0.15) is 5.26 Å². The van der Waals surface area contributed by atoms with Crippen molar-refractivity contribution in [2.45, 2.75) is 25.9 Å². The lowest BCUT2D eigenvalue weighted by Gasteiger charge is -2.18. The molecule has 2 aromatic carbocycles. The summed E-state index contributed by atoms with van der Waals surface area (Å²) in [5.41, 5.74) is 2.04. The molecule has 0 unspecified atom stereocenters. The number of hydrogen-bond acceptors (Lipinski definition) is 2. The Kier molecular flexibility index (Phi) is 6.22. The van der Waals surface area contributed by atoms with E-state index in [1.54, 1.807) is 36.4 Å². The highest BCUT2D eigenvalue weighted by atomic mass is 35.5. The van der Waals surface area contributed by atoms with Crippen molar-refractivity contribution >= 4 is 34.8 Å². The maximum absolute atomic E-state index is 12.3. The molecule has 0 saturated heterocycles. The fourth-order valence-corrected chi connectivity index (χ4v) is 3.00. The largest absolute Gasteiger partial charge is 0.330 e. The zero-order chi connectivity index (χ0) is 17.7. The molecule has 0 bridgehead atoms. The number of nitriles is 1. The minimum atomic E-state index is -0.322. The highest BCUT2D eigenvalue weighted by molar-refractivity contribution is 6.35. The molecule has 0 saturated carbocycles. The van der Waals surface area contributed by atoms with Crippen LogP contribution in [0.2, 0.25) is 10.0 Å². The molecule has 1 amide bonds. The summed E-state index contributed by atoms with van der Waals surface area (Å²) in [4.78, 5) is 12.3. The summed E-state index contributed by atoms with van der Waals surface area (Å²) in [6, 6.07) is 13.9.